The highest BCUT2D eigenvalue weighted by Gasteiger charge is 2.21. The molecule has 9 nitrogen and oxygen atoms in total. The number of nitrogens with zero attached hydrogens (tertiary/aromatic N) is 5. The summed E-state index contributed by atoms with van der Waals surface area (Å²) in [5.41, 5.74) is 4.08. The Morgan fingerprint density at radius 1 is 1.21 bits per heavy atom. The number of imidazole rings is 1. The van der Waals surface area contributed by atoms with E-state index in [2.05, 4.69) is 23.9 Å². The molecule has 186 valence electrons. The van der Waals surface area contributed by atoms with E-state index in [1.807, 2.05) is 30.0 Å². The van der Waals surface area contributed by atoms with E-state index in [4.69, 9.17) is 4.74 Å². The lowest BCUT2D eigenvalue weighted by molar-refractivity contribution is -0.144. The third-order valence-corrected chi connectivity index (χ3v) is 7.59. The molecule has 0 unspecified atom stereocenters. The fourth-order valence-corrected chi connectivity index (χ4v) is 4.89. The molecular formula is C24H35N5O4S. The zero-order valence-corrected chi connectivity index (χ0v) is 21.9. The zero-order chi connectivity index (χ0) is 25.2. The molecule has 3 rings (SSSR count). The predicted molar refractivity (Wildman–Crippen MR) is 131 cm³/mol. The van der Waals surface area contributed by atoms with Crippen molar-refractivity contribution in [2.45, 2.75) is 72.1 Å². The van der Waals surface area contributed by atoms with Gasteiger partial charge < -0.3 is 9.30 Å². The lowest BCUT2D eigenvalue weighted by Gasteiger charge is -2.11. The summed E-state index contributed by atoms with van der Waals surface area (Å²) in [6.07, 6.45) is 1.01. The maximum Gasteiger partial charge on any atom is 0.310 e. The van der Waals surface area contributed by atoms with E-state index in [-0.39, 0.29) is 23.9 Å². The molecule has 0 aliphatic carbocycles. The Bertz CT molecular complexity index is 1290. The van der Waals surface area contributed by atoms with Crippen LogP contribution in [0.2, 0.25) is 0 Å². The number of aryl methyl sites for hydroxylation is 2. The molecule has 0 N–H and O–H groups in total. The van der Waals surface area contributed by atoms with Gasteiger partial charge in [0, 0.05) is 38.4 Å². The van der Waals surface area contributed by atoms with E-state index in [9.17, 15) is 13.2 Å². The number of benzene rings is 1. The average Bonchev–Trinajstić information content (AvgIpc) is 3.23. The first-order valence-corrected chi connectivity index (χ1v) is 13.0. The number of esters is 1. The van der Waals surface area contributed by atoms with Gasteiger partial charge in [0.2, 0.25) is 10.0 Å². The molecule has 0 bridgehead atoms. The maximum absolute atomic E-state index is 12.7. The number of hydrogen-bond acceptors (Lipinski definition) is 6. The smallest absolute Gasteiger partial charge is 0.310 e. The van der Waals surface area contributed by atoms with Gasteiger partial charge in [0.1, 0.15) is 12.4 Å². The fourth-order valence-electron chi connectivity index (χ4n) is 3.97. The van der Waals surface area contributed by atoms with E-state index >= 15 is 0 Å². The van der Waals surface area contributed by atoms with Gasteiger partial charge in [-0.15, -0.1) is 0 Å². The van der Waals surface area contributed by atoms with Crippen molar-refractivity contribution in [2.24, 2.45) is 5.92 Å². The summed E-state index contributed by atoms with van der Waals surface area (Å²) in [7, 11) is -0.576. The van der Waals surface area contributed by atoms with Gasteiger partial charge in [0.15, 0.2) is 0 Å². The van der Waals surface area contributed by atoms with Crippen molar-refractivity contribution < 1.29 is 17.9 Å². The molecule has 0 saturated heterocycles. The molecule has 0 aliphatic rings. The monoisotopic (exact) mass is 489 g/mol. The number of rotatable bonds is 10. The van der Waals surface area contributed by atoms with Gasteiger partial charge in [0.25, 0.3) is 0 Å². The van der Waals surface area contributed by atoms with Gasteiger partial charge >= 0.3 is 5.97 Å². The van der Waals surface area contributed by atoms with Crippen LogP contribution >= 0.6 is 0 Å². The Morgan fingerprint density at radius 2 is 1.91 bits per heavy atom. The Kier molecular flexibility index (Phi) is 7.82. The van der Waals surface area contributed by atoms with Crippen LogP contribution in [-0.2, 0) is 45.7 Å². The van der Waals surface area contributed by atoms with Gasteiger partial charge in [-0.2, -0.15) is 5.10 Å². The minimum atomic E-state index is -3.57. The van der Waals surface area contributed by atoms with Crippen molar-refractivity contribution >= 4 is 27.0 Å². The number of fused-ring (bicyclic) bond motifs is 1. The fraction of sp³-hybridized carbons (Fsp3) is 0.542. The van der Waals surface area contributed by atoms with E-state index in [0.29, 0.717) is 23.8 Å². The molecule has 0 aliphatic heterocycles. The SMILES string of the molecule is CCCn1c(COC(=O)Cc2c(C)nn(CC(C)C)c2C)nc2cc(S(=O)(=O)N(C)C)ccc21. The second-order valence-corrected chi connectivity index (χ2v) is 11.3. The van der Waals surface area contributed by atoms with Crippen LogP contribution in [-0.4, -0.2) is 52.1 Å². The van der Waals surface area contributed by atoms with E-state index in [1.54, 1.807) is 18.2 Å². The Hall–Kier alpha value is -2.72. The van der Waals surface area contributed by atoms with Crippen LogP contribution in [0.3, 0.4) is 0 Å². The van der Waals surface area contributed by atoms with Crippen LogP contribution in [0.5, 0.6) is 0 Å². The molecule has 2 heterocycles. The molecule has 2 aromatic heterocycles. The van der Waals surface area contributed by atoms with Crippen molar-refractivity contribution in [2.75, 3.05) is 14.1 Å². The molecule has 0 atom stereocenters. The summed E-state index contributed by atoms with van der Waals surface area (Å²) in [6, 6.07) is 4.91. The number of carbonyl (C=O) groups is 1. The summed E-state index contributed by atoms with van der Waals surface area (Å²) in [4.78, 5) is 17.5. The molecule has 1 aromatic carbocycles. The number of hydrogen-bond donors (Lipinski definition) is 0. The van der Waals surface area contributed by atoms with Crippen LogP contribution in [0.1, 0.15) is 50.0 Å². The predicted octanol–water partition coefficient (Wildman–Crippen LogP) is 3.45. The topological polar surface area (TPSA) is 99.3 Å². The normalized spacial score (nSPS) is 12.3. The standard InChI is InChI=1S/C24H35N5O4S/c1-8-11-28-22-10-9-19(34(31,32)27(6)7)12-21(22)25-23(28)15-33-24(30)13-20-17(4)26-29(18(20)5)14-16(2)3/h9-10,12,16H,8,11,13-15H2,1-7H3. The zero-order valence-electron chi connectivity index (χ0n) is 21.1. The highest BCUT2D eigenvalue weighted by atomic mass is 32.2. The minimum absolute atomic E-state index is 0.0154. The molecule has 0 amide bonds. The number of ether oxygens (including phenoxy) is 1. The number of sulfonamides is 1. The maximum atomic E-state index is 12.7. The lowest BCUT2D eigenvalue weighted by atomic mass is 10.1. The molecule has 0 spiro atoms. The van der Waals surface area contributed by atoms with Crippen molar-refractivity contribution in [3.05, 3.63) is 41.0 Å². The largest absolute Gasteiger partial charge is 0.457 e. The third kappa shape index (κ3) is 5.33. The van der Waals surface area contributed by atoms with Crippen LogP contribution in [0.4, 0.5) is 0 Å². The molecule has 3 aromatic rings. The van der Waals surface area contributed by atoms with Crippen LogP contribution < -0.4 is 0 Å². The number of aromatic nitrogens is 4. The molecule has 0 saturated carbocycles. The summed E-state index contributed by atoms with van der Waals surface area (Å²) >= 11 is 0. The van der Waals surface area contributed by atoms with Crippen LogP contribution in [0.15, 0.2) is 23.1 Å². The number of carbonyl (C=O) groups excluding carboxylic acids is 1. The molecule has 34 heavy (non-hydrogen) atoms. The lowest BCUT2D eigenvalue weighted by Crippen LogP contribution is -2.22. The van der Waals surface area contributed by atoms with Gasteiger partial charge in [-0.25, -0.2) is 17.7 Å². The van der Waals surface area contributed by atoms with E-state index in [1.165, 1.54) is 18.4 Å². The highest BCUT2D eigenvalue weighted by Crippen LogP contribution is 2.23. The van der Waals surface area contributed by atoms with E-state index in [0.717, 1.165) is 35.4 Å². The first kappa shape index (κ1) is 25.9. The Labute approximate surface area is 201 Å². The minimum Gasteiger partial charge on any atom is -0.457 e. The summed E-state index contributed by atoms with van der Waals surface area (Å²) in [6.45, 7) is 11.7. The van der Waals surface area contributed by atoms with Gasteiger partial charge in [-0.1, -0.05) is 20.8 Å². The van der Waals surface area contributed by atoms with Crippen LogP contribution in [0.25, 0.3) is 11.0 Å². The molecular weight excluding hydrogens is 454 g/mol. The highest BCUT2D eigenvalue weighted by molar-refractivity contribution is 7.89. The summed E-state index contributed by atoms with van der Waals surface area (Å²) < 4.78 is 35.7. The molecule has 0 fully saturated rings. The third-order valence-electron chi connectivity index (χ3n) is 5.78. The summed E-state index contributed by atoms with van der Waals surface area (Å²) in [5.74, 6) is 0.701. The van der Waals surface area contributed by atoms with Crippen molar-refractivity contribution in [1.82, 2.24) is 23.6 Å². The van der Waals surface area contributed by atoms with Crippen molar-refractivity contribution in [3.63, 3.8) is 0 Å². The van der Waals surface area contributed by atoms with Gasteiger partial charge in [0.05, 0.1) is 28.0 Å². The second kappa shape index (κ2) is 10.3. The average molecular weight is 490 g/mol. The van der Waals surface area contributed by atoms with Crippen LogP contribution in [0, 0.1) is 19.8 Å². The summed E-state index contributed by atoms with van der Waals surface area (Å²) in [5, 5.41) is 4.57. The van der Waals surface area contributed by atoms with Crippen molar-refractivity contribution in [1.29, 1.82) is 0 Å². The van der Waals surface area contributed by atoms with Gasteiger partial charge in [-0.3, -0.25) is 9.48 Å². The van der Waals surface area contributed by atoms with Crippen molar-refractivity contribution in [3.8, 4) is 0 Å². The quantitative estimate of drug-likeness (QED) is 0.405. The Balaban J connectivity index is 1.81. The molecule has 10 heteroatoms. The first-order chi connectivity index (χ1) is 15.9. The first-order valence-electron chi connectivity index (χ1n) is 11.6. The molecule has 0 radical (unpaired) electrons. The second-order valence-electron chi connectivity index (χ2n) is 9.18. The Morgan fingerprint density at radius 3 is 2.53 bits per heavy atom. The van der Waals surface area contributed by atoms with E-state index < -0.39 is 10.0 Å². The van der Waals surface area contributed by atoms with Gasteiger partial charge in [-0.05, 0) is 44.4 Å².